The van der Waals surface area contributed by atoms with Crippen LogP contribution in [0, 0.1) is 6.92 Å². The molecule has 0 aliphatic carbocycles. The lowest BCUT2D eigenvalue weighted by atomic mass is 10.0. The van der Waals surface area contributed by atoms with Crippen LogP contribution in [0.5, 0.6) is 5.75 Å². The van der Waals surface area contributed by atoms with Crippen molar-refractivity contribution in [2.75, 3.05) is 0 Å². The maximum Gasteiger partial charge on any atom is 0.124 e. The fraction of sp³-hybridized carbons (Fsp3) is 0.143. The molecule has 2 heteroatoms. The number of hydrogen-bond donors (Lipinski definition) is 1. The largest absolute Gasteiger partial charge is 0.489 e. The van der Waals surface area contributed by atoms with Crippen LogP contribution in [0.2, 0.25) is 0 Å². The Hall–Kier alpha value is -2.58. The van der Waals surface area contributed by atoms with Gasteiger partial charge in [-0.3, -0.25) is 0 Å². The van der Waals surface area contributed by atoms with Crippen molar-refractivity contribution in [1.82, 2.24) is 0 Å². The lowest BCUT2D eigenvalue weighted by molar-refractivity contribution is 0.303. The summed E-state index contributed by atoms with van der Waals surface area (Å²) in [7, 11) is 0. The third kappa shape index (κ3) is 3.79. The molecule has 0 saturated carbocycles. The van der Waals surface area contributed by atoms with Gasteiger partial charge in [-0.05, 0) is 35.7 Å². The van der Waals surface area contributed by atoms with Crippen molar-refractivity contribution >= 4 is 0 Å². The van der Waals surface area contributed by atoms with E-state index in [0.29, 0.717) is 13.2 Å². The Morgan fingerprint density at radius 3 is 2.35 bits per heavy atom. The summed E-state index contributed by atoms with van der Waals surface area (Å²) in [5.74, 6) is 0.854. The zero-order valence-corrected chi connectivity index (χ0v) is 13.3. The van der Waals surface area contributed by atoms with Gasteiger partial charge in [-0.15, -0.1) is 0 Å². The molecular formula is C21H21NO. The van der Waals surface area contributed by atoms with Crippen molar-refractivity contribution in [2.45, 2.75) is 20.1 Å². The van der Waals surface area contributed by atoms with Gasteiger partial charge in [0.1, 0.15) is 12.4 Å². The second kappa shape index (κ2) is 7.12. The summed E-state index contributed by atoms with van der Waals surface area (Å²) >= 11 is 0. The number of rotatable bonds is 5. The van der Waals surface area contributed by atoms with Gasteiger partial charge in [0.05, 0.1) is 0 Å². The topological polar surface area (TPSA) is 35.2 Å². The SMILES string of the molecule is Cc1cccc(-c2ccc(OCc3ccccc3)c(CN)c2)c1. The van der Waals surface area contributed by atoms with E-state index in [1.807, 2.05) is 24.3 Å². The van der Waals surface area contributed by atoms with Crippen LogP contribution in [0.1, 0.15) is 16.7 Å². The van der Waals surface area contributed by atoms with Crippen molar-refractivity contribution in [1.29, 1.82) is 0 Å². The summed E-state index contributed by atoms with van der Waals surface area (Å²) in [4.78, 5) is 0. The van der Waals surface area contributed by atoms with Crippen LogP contribution in [-0.2, 0) is 13.2 Å². The van der Waals surface area contributed by atoms with Gasteiger partial charge < -0.3 is 10.5 Å². The van der Waals surface area contributed by atoms with Gasteiger partial charge in [0.2, 0.25) is 0 Å². The molecule has 3 aromatic carbocycles. The van der Waals surface area contributed by atoms with Gasteiger partial charge in [-0.2, -0.15) is 0 Å². The summed E-state index contributed by atoms with van der Waals surface area (Å²) in [6.45, 7) is 3.12. The quantitative estimate of drug-likeness (QED) is 0.741. The maximum atomic E-state index is 5.95. The smallest absolute Gasteiger partial charge is 0.124 e. The predicted molar refractivity (Wildman–Crippen MR) is 95.3 cm³/mol. The normalized spacial score (nSPS) is 10.5. The van der Waals surface area contributed by atoms with E-state index >= 15 is 0 Å². The summed E-state index contributed by atoms with van der Waals surface area (Å²) in [6.07, 6.45) is 0. The lowest BCUT2D eigenvalue weighted by Gasteiger charge is -2.13. The van der Waals surface area contributed by atoms with E-state index in [0.717, 1.165) is 16.9 Å². The maximum absolute atomic E-state index is 5.95. The molecule has 0 aliphatic rings. The molecule has 3 aromatic rings. The molecule has 23 heavy (non-hydrogen) atoms. The summed E-state index contributed by atoms with van der Waals surface area (Å²) < 4.78 is 5.95. The molecule has 0 amide bonds. The Labute approximate surface area is 137 Å². The molecule has 0 bridgehead atoms. The van der Waals surface area contributed by atoms with E-state index in [1.165, 1.54) is 16.7 Å². The molecule has 0 radical (unpaired) electrons. The minimum atomic E-state index is 0.462. The van der Waals surface area contributed by atoms with Crippen LogP contribution >= 0.6 is 0 Å². The third-order valence-electron chi connectivity index (χ3n) is 3.87. The highest BCUT2D eigenvalue weighted by molar-refractivity contribution is 5.66. The van der Waals surface area contributed by atoms with Gasteiger partial charge in [0.25, 0.3) is 0 Å². The molecule has 0 aromatic heterocycles. The average molecular weight is 303 g/mol. The predicted octanol–water partition coefficient (Wildman–Crippen LogP) is 4.70. The third-order valence-corrected chi connectivity index (χ3v) is 3.87. The highest BCUT2D eigenvalue weighted by Gasteiger charge is 2.06. The molecule has 0 spiro atoms. The Morgan fingerprint density at radius 2 is 1.61 bits per heavy atom. The van der Waals surface area contributed by atoms with Crippen molar-refractivity contribution in [2.24, 2.45) is 5.73 Å². The molecule has 2 nitrogen and oxygen atoms in total. The van der Waals surface area contributed by atoms with Crippen molar-refractivity contribution < 1.29 is 4.74 Å². The van der Waals surface area contributed by atoms with Gasteiger partial charge >= 0.3 is 0 Å². The number of ether oxygens (including phenoxy) is 1. The molecule has 116 valence electrons. The van der Waals surface area contributed by atoms with Crippen molar-refractivity contribution in [3.8, 4) is 16.9 Å². The van der Waals surface area contributed by atoms with E-state index in [4.69, 9.17) is 10.5 Å². The monoisotopic (exact) mass is 303 g/mol. The first-order valence-electron chi connectivity index (χ1n) is 7.83. The first kappa shape index (κ1) is 15.3. The van der Waals surface area contributed by atoms with Crippen LogP contribution in [0.25, 0.3) is 11.1 Å². The summed E-state index contributed by atoms with van der Waals surface area (Å²) in [6, 6.07) is 24.9. The minimum absolute atomic E-state index is 0.462. The fourth-order valence-corrected chi connectivity index (χ4v) is 2.62. The van der Waals surface area contributed by atoms with Crippen molar-refractivity contribution in [3.63, 3.8) is 0 Å². The molecule has 3 rings (SSSR count). The highest BCUT2D eigenvalue weighted by Crippen LogP contribution is 2.27. The van der Waals surface area contributed by atoms with E-state index < -0.39 is 0 Å². The Kier molecular flexibility index (Phi) is 4.74. The van der Waals surface area contributed by atoms with Gasteiger partial charge in [-0.1, -0.05) is 66.2 Å². The van der Waals surface area contributed by atoms with Crippen LogP contribution in [0.3, 0.4) is 0 Å². The average Bonchev–Trinajstić information content (AvgIpc) is 2.60. The van der Waals surface area contributed by atoms with Crippen LogP contribution in [0.15, 0.2) is 72.8 Å². The molecule has 0 fully saturated rings. The molecular weight excluding hydrogens is 282 g/mol. The van der Waals surface area contributed by atoms with E-state index in [2.05, 4.69) is 55.5 Å². The highest BCUT2D eigenvalue weighted by atomic mass is 16.5. The first-order valence-corrected chi connectivity index (χ1v) is 7.83. The van der Waals surface area contributed by atoms with Gasteiger partial charge in [0.15, 0.2) is 0 Å². The minimum Gasteiger partial charge on any atom is -0.489 e. The summed E-state index contributed by atoms with van der Waals surface area (Å²) in [5.41, 5.74) is 11.7. The van der Waals surface area contributed by atoms with E-state index in [-0.39, 0.29) is 0 Å². The van der Waals surface area contributed by atoms with Crippen LogP contribution < -0.4 is 10.5 Å². The number of nitrogens with two attached hydrogens (primary N) is 1. The fourth-order valence-electron chi connectivity index (χ4n) is 2.62. The second-order valence-electron chi connectivity index (χ2n) is 5.67. The molecule has 0 heterocycles. The Morgan fingerprint density at radius 1 is 0.826 bits per heavy atom. The summed E-state index contributed by atoms with van der Waals surface area (Å²) in [5, 5.41) is 0. The van der Waals surface area contributed by atoms with Crippen molar-refractivity contribution in [3.05, 3.63) is 89.5 Å². The molecule has 0 unspecified atom stereocenters. The van der Waals surface area contributed by atoms with Gasteiger partial charge in [-0.25, -0.2) is 0 Å². The second-order valence-corrected chi connectivity index (χ2v) is 5.67. The zero-order valence-electron chi connectivity index (χ0n) is 13.3. The molecule has 0 atom stereocenters. The van der Waals surface area contributed by atoms with Gasteiger partial charge in [0, 0.05) is 12.1 Å². The number of hydrogen-bond acceptors (Lipinski definition) is 2. The number of aryl methyl sites for hydroxylation is 1. The molecule has 0 aliphatic heterocycles. The first-order chi connectivity index (χ1) is 11.3. The molecule has 2 N–H and O–H groups in total. The Bertz CT molecular complexity index is 781. The van der Waals surface area contributed by atoms with E-state index in [1.54, 1.807) is 0 Å². The van der Waals surface area contributed by atoms with Crippen LogP contribution in [0.4, 0.5) is 0 Å². The van der Waals surface area contributed by atoms with Crippen LogP contribution in [-0.4, -0.2) is 0 Å². The lowest BCUT2D eigenvalue weighted by Crippen LogP contribution is -2.03. The number of benzene rings is 3. The molecule has 0 saturated heterocycles. The standard InChI is InChI=1S/C21H21NO/c1-16-6-5-9-18(12-16)19-10-11-21(20(13-19)14-22)23-15-17-7-3-2-4-8-17/h2-13H,14-15,22H2,1H3. The Balaban J connectivity index is 1.82. The zero-order chi connectivity index (χ0) is 16.1. The van der Waals surface area contributed by atoms with E-state index in [9.17, 15) is 0 Å².